The number of hydrogen-bond donors (Lipinski definition) is 1. The number of nitrogens with one attached hydrogen (secondary N) is 1. The highest BCUT2D eigenvalue weighted by Gasteiger charge is 2.06. The second-order valence-electron chi connectivity index (χ2n) is 4.66. The van der Waals surface area contributed by atoms with Crippen LogP contribution in [0.1, 0.15) is 0 Å². The average Bonchev–Trinajstić information content (AvgIpc) is 3.16. The minimum absolute atomic E-state index is 0.921. The lowest BCUT2D eigenvalue weighted by Gasteiger charge is -2.01. The Morgan fingerprint density at radius 3 is 2.60 bits per heavy atom. The monoisotopic (exact) mass is 276 g/mol. The van der Waals surface area contributed by atoms with Crippen LogP contribution in [0.2, 0.25) is 0 Å². The molecule has 0 bridgehead atoms. The van der Waals surface area contributed by atoms with Gasteiger partial charge in [0.2, 0.25) is 0 Å². The molecule has 0 saturated carbocycles. The van der Waals surface area contributed by atoms with Gasteiger partial charge in [-0.05, 0) is 35.2 Å². The van der Waals surface area contributed by atoms with Crippen molar-refractivity contribution in [2.75, 3.05) is 0 Å². The van der Waals surface area contributed by atoms with Crippen LogP contribution in [0.5, 0.6) is 0 Å². The molecule has 20 heavy (non-hydrogen) atoms. The summed E-state index contributed by atoms with van der Waals surface area (Å²) in [4.78, 5) is 9.31. The molecule has 0 unspecified atom stereocenters. The third-order valence-electron chi connectivity index (χ3n) is 3.33. The molecule has 4 aromatic rings. The van der Waals surface area contributed by atoms with Crippen molar-refractivity contribution < 1.29 is 0 Å². The molecule has 0 radical (unpaired) electrons. The summed E-state index contributed by atoms with van der Waals surface area (Å²) in [6.07, 6.45) is 0. The van der Waals surface area contributed by atoms with Gasteiger partial charge < -0.3 is 4.98 Å². The van der Waals surface area contributed by atoms with Crippen molar-refractivity contribution in [3.05, 3.63) is 66.0 Å². The molecule has 1 N–H and O–H groups in total. The SMILES string of the molecule is c1cc(-c2nc3ccccc3[nH]2)cc(-c2cccs2)c1. The summed E-state index contributed by atoms with van der Waals surface area (Å²) in [7, 11) is 0. The minimum atomic E-state index is 0.921. The Balaban J connectivity index is 1.84. The van der Waals surface area contributed by atoms with E-state index in [1.165, 1.54) is 10.4 Å². The lowest BCUT2D eigenvalue weighted by atomic mass is 10.1. The Morgan fingerprint density at radius 1 is 0.850 bits per heavy atom. The maximum Gasteiger partial charge on any atom is 0.138 e. The molecule has 0 aliphatic heterocycles. The summed E-state index contributed by atoms with van der Waals surface area (Å²) >= 11 is 1.75. The van der Waals surface area contributed by atoms with Crippen LogP contribution in [0.4, 0.5) is 0 Å². The molecule has 2 nitrogen and oxygen atoms in total. The Kier molecular flexibility index (Phi) is 2.64. The van der Waals surface area contributed by atoms with Crippen molar-refractivity contribution in [3.63, 3.8) is 0 Å². The van der Waals surface area contributed by atoms with Gasteiger partial charge in [-0.25, -0.2) is 4.98 Å². The van der Waals surface area contributed by atoms with Crippen molar-refractivity contribution in [3.8, 4) is 21.8 Å². The average molecular weight is 276 g/mol. The number of thiophene rings is 1. The van der Waals surface area contributed by atoms with Crippen molar-refractivity contribution >= 4 is 22.4 Å². The summed E-state index contributed by atoms with van der Waals surface area (Å²) in [5, 5.41) is 2.10. The summed E-state index contributed by atoms with van der Waals surface area (Å²) in [6, 6.07) is 20.8. The van der Waals surface area contributed by atoms with Gasteiger partial charge in [-0.1, -0.05) is 36.4 Å². The van der Waals surface area contributed by atoms with Gasteiger partial charge in [0.15, 0.2) is 0 Å². The first-order valence-corrected chi connectivity index (χ1v) is 7.37. The Morgan fingerprint density at radius 2 is 1.75 bits per heavy atom. The Bertz CT molecular complexity index is 826. The smallest absolute Gasteiger partial charge is 0.138 e. The number of rotatable bonds is 2. The van der Waals surface area contributed by atoms with Gasteiger partial charge in [-0.15, -0.1) is 11.3 Å². The van der Waals surface area contributed by atoms with E-state index in [1.54, 1.807) is 11.3 Å². The van der Waals surface area contributed by atoms with Gasteiger partial charge in [0.1, 0.15) is 5.82 Å². The maximum absolute atomic E-state index is 4.65. The molecule has 3 heteroatoms. The number of benzene rings is 2. The van der Waals surface area contributed by atoms with Crippen LogP contribution in [0.25, 0.3) is 32.9 Å². The molecule has 96 valence electrons. The standard InChI is InChI=1S/C17H12N2S/c1-2-8-15-14(7-1)18-17(19-15)13-6-3-5-12(11-13)16-9-4-10-20-16/h1-11H,(H,18,19). The molecule has 0 aliphatic rings. The van der Waals surface area contributed by atoms with E-state index in [0.717, 1.165) is 22.4 Å². The number of imidazole rings is 1. The molecule has 2 heterocycles. The molecule has 0 saturated heterocycles. The molecule has 4 rings (SSSR count). The molecule has 0 atom stereocenters. The van der Waals surface area contributed by atoms with Crippen LogP contribution in [-0.2, 0) is 0 Å². The Hall–Kier alpha value is -2.39. The van der Waals surface area contributed by atoms with E-state index in [4.69, 9.17) is 0 Å². The highest BCUT2D eigenvalue weighted by Crippen LogP contribution is 2.28. The van der Waals surface area contributed by atoms with Gasteiger partial charge >= 0.3 is 0 Å². The fourth-order valence-corrected chi connectivity index (χ4v) is 3.08. The van der Waals surface area contributed by atoms with Crippen LogP contribution in [-0.4, -0.2) is 9.97 Å². The normalized spacial score (nSPS) is 11.0. The predicted molar refractivity (Wildman–Crippen MR) is 84.8 cm³/mol. The highest BCUT2D eigenvalue weighted by molar-refractivity contribution is 7.13. The zero-order valence-electron chi connectivity index (χ0n) is 10.7. The molecule has 2 aromatic carbocycles. The predicted octanol–water partition coefficient (Wildman–Crippen LogP) is 4.96. The number of hydrogen-bond acceptors (Lipinski definition) is 2. The highest BCUT2D eigenvalue weighted by atomic mass is 32.1. The first kappa shape index (κ1) is 11.4. The van der Waals surface area contributed by atoms with Crippen molar-refractivity contribution in [1.82, 2.24) is 9.97 Å². The first-order chi connectivity index (χ1) is 9.90. The van der Waals surface area contributed by atoms with Gasteiger partial charge in [-0.2, -0.15) is 0 Å². The quantitative estimate of drug-likeness (QED) is 0.551. The van der Waals surface area contributed by atoms with E-state index in [2.05, 4.69) is 57.8 Å². The zero-order valence-corrected chi connectivity index (χ0v) is 11.5. The van der Waals surface area contributed by atoms with Crippen LogP contribution in [0, 0.1) is 0 Å². The number of nitrogens with zero attached hydrogens (tertiary/aromatic N) is 1. The molecule has 0 aliphatic carbocycles. The molecule has 0 fully saturated rings. The molecule has 0 amide bonds. The number of fused-ring (bicyclic) bond motifs is 1. The van der Waals surface area contributed by atoms with Gasteiger partial charge in [-0.3, -0.25) is 0 Å². The summed E-state index contributed by atoms with van der Waals surface area (Å²) in [6.45, 7) is 0. The number of H-pyrrole nitrogens is 1. The van der Waals surface area contributed by atoms with E-state index in [-0.39, 0.29) is 0 Å². The lowest BCUT2D eigenvalue weighted by molar-refractivity contribution is 1.34. The number of aromatic nitrogens is 2. The Labute approximate surface area is 120 Å². The fraction of sp³-hybridized carbons (Fsp3) is 0. The van der Waals surface area contributed by atoms with E-state index in [1.807, 2.05) is 18.2 Å². The molecule has 2 aromatic heterocycles. The summed E-state index contributed by atoms with van der Waals surface area (Å²) < 4.78 is 0. The van der Waals surface area contributed by atoms with Crippen molar-refractivity contribution in [1.29, 1.82) is 0 Å². The second kappa shape index (κ2) is 4.62. The van der Waals surface area contributed by atoms with Crippen molar-refractivity contribution in [2.24, 2.45) is 0 Å². The topological polar surface area (TPSA) is 28.7 Å². The van der Waals surface area contributed by atoms with Crippen LogP contribution >= 0.6 is 11.3 Å². The van der Waals surface area contributed by atoms with Crippen LogP contribution in [0.15, 0.2) is 66.0 Å². The third-order valence-corrected chi connectivity index (χ3v) is 4.25. The van der Waals surface area contributed by atoms with E-state index in [9.17, 15) is 0 Å². The molecular weight excluding hydrogens is 264 g/mol. The maximum atomic E-state index is 4.65. The van der Waals surface area contributed by atoms with E-state index in [0.29, 0.717) is 0 Å². The number of para-hydroxylation sites is 2. The van der Waals surface area contributed by atoms with Gasteiger partial charge in [0, 0.05) is 10.4 Å². The van der Waals surface area contributed by atoms with Gasteiger partial charge in [0.05, 0.1) is 11.0 Å². The van der Waals surface area contributed by atoms with E-state index < -0.39 is 0 Å². The summed E-state index contributed by atoms with van der Waals surface area (Å²) in [5.41, 5.74) is 4.43. The minimum Gasteiger partial charge on any atom is -0.338 e. The fourth-order valence-electron chi connectivity index (χ4n) is 2.35. The zero-order chi connectivity index (χ0) is 13.4. The lowest BCUT2D eigenvalue weighted by Crippen LogP contribution is -1.81. The van der Waals surface area contributed by atoms with Crippen molar-refractivity contribution in [2.45, 2.75) is 0 Å². The van der Waals surface area contributed by atoms with Gasteiger partial charge in [0.25, 0.3) is 0 Å². The second-order valence-corrected chi connectivity index (χ2v) is 5.61. The largest absolute Gasteiger partial charge is 0.338 e. The third kappa shape index (κ3) is 1.92. The van der Waals surface area contributed by atoms with Crippen LogP contribution in [0.3, 0.4) is 0 Å². The first-order valence-electron chi connectivity index (χ1n) is 6.49. The van der Waals surface area contributed by atoms with Crippen LogP contribution < -0.4 is 0 Å². The molecular formula is C17H12N2S. The van der Waals surface area contributed by atoms with E-state index >= 15 is 0 Å². The number of aromatic amines is 1. The molecule has 0 spiro atoms. The summed E-state index contributed by atoms with van der Waals surface area (Å²) in [5.74, 6) is 0.921.